The van der Waals surface area contributed by atoms with Gasteiger partial charge in [-0.1, -0.05) is 31.0 Å². The Kier molecular flexibility index (Phi) is 4.37. The van der Waals surface area contributed by atoms with E-state index in [0.29, 0.717) is 37.8 Å². The van der Waals surface area contributed by atoms with Crippen LogP contribution in [-0.2, 0) is 15.0 Å². The fourth-order valence-corrected chi connectivity index (χ4v) is 4.09. The van der Waals surface area contributed by atoms with Crippen LogP contribution in [0.4, 0.5) is 4.39 Å². The highest BCUT2D eigenvalue weighted by molar-refractivity contribution is 5.89. The van der Waals surface area contributed by atoms with Crippen molar-refractivity contribution in [3.05, 3.63) is 35.6 Å². The molecule has 0 radical (unpaired) electrons. The Hall–Kier alpha value is -1.91. The SMILES string of the molecule is O=C(O)C1CCCN(C(=O)C2(c3ccccc3F)CCCC2)C1. The van der Waals surface area contributed by atoms with E-state index in [4.69, 9.17) is 0 Å². The molecule has 1 aromatic rings. The van der Waals surface area contributed by atoms with Gasteiger partial charge >= 0.3 is 5.97 Å². The van der Waals surface area contributed by atoms with E-state index in [2.05, 4.69) is 0 Å². The molecule has 124 valence electrons. The summed E-state index contributed by atoms with van der Waals surface area (Å²) in [6, 6.07) is 6.51. The highest BCUT2D eigenvalue weighted by Crippen LogP contribution is 2.44. The molecule has 0 bridgehead atoms. The molecule has 1 saturated carbocycles. The number of aliphatic carboxylic acids is 1. The van der Waals surface area contributed by atoms with Crippen molar-refractivity contribution in [2.45, 2.75) is 43.9 Å². The molecular formula is C18H22FNO3. The molecule has 0 aromatic heterocycles. The van der Waals surface area contributed by atoms with Gasteiger partial charge in [-0.3, -0.25) is 9.59 Å². The average molecular weight is 319 g/mol. The molecule has 1 N–H and O–H groups in total. The summed E-state index contributed by atoms with van der Waals surface area (Å²) in [7, 11) is 0. The van der Waals surface area contributed by atoms with Crippen LogP contribution in [0.2, 0.25) is 0 Å². The highest BCUT2D eigenvalue weighted by atomic mass is 19.1. The zero-order valence-electron chi connectivity index (χ0n) is 13.1. The van der Waals surface area contributed by atoms with Gasteiger partial charge in [0.25, 0.3) is 0 Å². The number of halogens is 1. The van der Waals surface area contributed by atoms with Crippen LogP contribution in [0.15, 0.2) is 24.3 Å². The van der Waals surface area contributed by atoms with Gasteiger partial charge < -0.3 is 10.0 Å². The van der Waals surface area contributed by atoms with E-state index in [9.17, 15) is 19.1 Å². The fraction of sp³-hybridized carbons (Fsp3) is 0.556. The molecule has 4 nitrogen and oxygen atoms in total. The number of carboxylic acid groups (broad SMARTS) is 1. The van der Waals surface area contributed by atoms with E-state index < -0.39 is 17.3 Å². The molecule has 1 amide bonds. The van der Waals surface area contributed by atoms with Gasteiger partial charge in [0.15, 0.2) is 0 Å². The summed E-state index contributed by atoms with van der Waals surface area (Å²) < 4.78 is 14.4. The van der Waals surface area contributed by atoms with Crippen molar-refractivity contribution in [2.24, 2.45) is 5.92 Å². The van der Waals surface area contributed by atoms with Gasteiger partial charge in [-0.2, -0.15) is 0 Å². The minimum atomic E-state index is -0.853. The highest BCUT2D eigenvalue weighted by Gasteiger charge is 2.47. The maximum atomic E-state index is 14.4. The van der Waals surface area contributed by atoms with Gasteiger partial charge in [0.2, 0.25) is 5.91 Å². The topological polar surface area (TPSA) is 57.6 Å². The lowest BCUT2D eigenvalue weighted by Gasteiger charge is -2.38. The number of rotatable bonds is 3. The van der Waals surface area contributed by atoms with Gasteiger partial charge in [0.1, 0.15) is 5.82 Å². The minimum absolute atomic E-state index is 0.0916. The fourth-order valence-electron chi connectivity index (χ4n) is 4.09. The lowest BCUT2D eigenvalue weighted by Crippen LogP contribution is -2.50. The van der Waals surface area contributed by atoms with Crippen LogP contribution in [0.3, 0.4) is 0 Å². The number of amides is 1. The molecule has 1 aliphatic carbocycles. The largest absolute Gasteiger partial charge is 0.481 e. The maximum absolute atomic E-state index is 14.4. The van der Waals surface area contributed by atoms with Crippen molar-refractivity contribution in [2.75, 3.05) is 13.1 Å². The van der Waals surface area contributed by atoms with Crippen molar-refractivity contribution in [1.29, 1.82) is 0 Å². The van der Waals surface area contributed by atoms with Crippen LogP contribution in [0.1, 0.15) is 44.1 Å². The molecule has 5 heteroatoms. The zero-order valence-corrected chi connectivity index (χ0v) is 13.1. The normalized spacial score (nSPS) is 23.7. The zero-order chi connectivity index (χ0) is 16.4. The summed E-state index contributed by atoms with van der Waals surface area (Å²) in [6.07, 6.45) is 4.37. The maximum Gasteiger partial charge on any atom is 0.308 e. The Morgan fingerprint density at radius 3 is 2.52 bits per heavy atom. The number of hydrogen-bond donors (Lipinski definition) is 1. The van der Waals surface area contributed by atoms with Crippen LogP contribution < -0.4 is 0 Å². The molecule has 1 aromatic carbocycles. The Bertz CT molecular complexity index is 610. The summed E-state index contributed by atoms with van der Waals surface area (Å²) in [5.74, 6) is -1.79. The van der Waals surface area contributed by atoms with Gasteiger partial charge in [0, 0.05) is 18.7 Å². The van der Waals surface area contributed by atoms with Crippen LogP contribution in [0.5, 0.6) is 0 Å². The number of carboxylic acids is 1. The van der Waals surface area contributed by atoms with E-state index in [0.717, 1.165) is 12.8 Å². The van der Waals surface area contributed by atoms with E-state index in [-0.39, 0.29) is 18.3 Å². The number of benzene rings is 1. The van der Waals surface area contributed by atoms with Crippen molar-refractivity contribution in [1.82, 2.24) is 4.90 Å². The number of likely N-dealkylation sites (tertiary alicyclic amines) is 1. The van der Waals surface area contributed by atoms with Crippen molar-refractivity contribution >= 4 is 11.9 Å². The Labute approximate surface area is 135 Å². The third-order valence-electron chi connectivity index (χ3n) is 5.31. The van der Waals surface area contributed by atoms with Crippen LogP contribution in [-0.4, -0.2) is 35.0 Å². The summed E-state index contributed by atoms with van der Waals surface area (Å²) in [6.45, 7) is 0.809. The number of hydrogen-bond acceptors (Lipinski definition) is 2. The predicted octanol–water partition coefficient (Wildman–Crippen LogP) is 2.96. The van der Waals surface area contributed by atoms with Crippen LogP contribution in [0.25, 0.3) is 0 Å². The number of nitrogens with zero attached hydrogens (tertiary/aromatic N) is 1. The predicted molar refractivity (Wildman–Crippen MR) is 83.5 cm³/mol. The molecule has 2 aliphatic rings. The first-order valence-electron chi connectivity index (χ1n) is 8.32. The number of carbonyl (C=O) groups excluding carboxylic acids is 1. The smallest absolute Gasteiger partial charge is 0.308 e. The molecule has 1 heterocycles. The minimum Gasteiger partial charge on any atom is -0.481 e. The second-order valence-corrected chi connectivity index (χ2v) is 6.70. The quantitative estimate of drug-likeness (QED) is 0.932. The molecule has 23 heavy (non-hydrogen) atoms. The molecular weight excluding hydrogens is 297 g/mol. The lowest BCUT2D eigenvalue weighted by atomic mass is 9.76. The molecule has 0 spiro atoms. The van der Waals surface area contributed by atoms with Gasteiger partial charge in [0.05, 0.1) is 11.3 Å². The number of carbonyl (C=O) groups is 2. The van der Waals surface area contributed by atoms with Crippen molar-refractivity contribution < 1.29 is 19.1 Å². The molecule has 1 aliphatic heterocycles. The van der Waals surface area contributed by atoms with Crippen molar-refractivity contribution in [3.8, 4) is 0 Å². The third-order valence-corrected chi connectivity index (χ3v) is 5.31. The Morgan fingerprint density at radius 2 is 1.87 bits per heavy atom. The van der Waals surface area contributed by atoms with Crippen LogP contribution >= 0.6 is 0 Å². The monoisotopic (exact) mass is 319 g/mol. The van der Waals surface area contributed by atoms with Crippen molar-refractivity contribution in [3.63, 3.8) is 0 Å². The first-order valence-corrected chi connectivity index (χ1v) is 8.32. The molecule has 1 unspecified atom stereocenters. The van der Waals surface area contributed by atoms with E-state index in [1.54, 1.807) is 23.1 Å². The van der Waals surface area contributed by atoms with E-state index in [1.165, 1.54) is 6.07 Å². The molecule has 3 rings (SSSR count). The summed E-state index contributed by atoms with van der Waals surface area (Å²) in [4.78, 5) is 26.1. The van der Waals surface area contributed by atoms with Gasteiger partial charge in [-0.25, -0.2) is 4.39 Å². The van der Waals surface area contributed by atoms with E-state index >= 15 is 0 Å². The van der Waals surface area contributed by atoms with Crippen LogP contribution in [0, 0.1) is 11.7 Å². The first kappa shape index (κ1) is 16.0. The summed E-state index contributed by atoms with van der Waals surface area (Å²) in [5.41, 5.74) is -0.342. The first-order chi connectivity index (χ1) is 11.0. The van der Waals surface area contributed by atoms with Gasteiger partial charge in [-0.15, -0.1) is 0 Å². The summed E-state index contributed by atoms with van der Waals surface area (Å²) >= 11 is 0. The average Bonchev–Trinajstić information content (AvgIpc) is 3.05. The molecule has 1 atom stereocenters. The van der Waals surface area contributed by atoms with E-state index in [1.807, 2.05) is 0 Å². The second-order valence-electron chi connectivity index (χ2n) is 6.70. The Morgan fingerprint density at radius 1 is 1.17 bits per heavy atom. The molecule has 1 saturated heterocycles. The standard InChI is InChI=1S/C18H22FNO3/c19-15-8-2-1-7-14(15)18(9-3-4-10-18)17(23)20-11-5-6-13(12-20)16(21)22/h1-2,7-8,13H,3-6,9-12H2,(H,21,22). The Balaban J connectivity index is 1.91. The molecule has 2 fully saturated rings. The van der Waals surface area contributed by atoms with Gasteiger partial charge in [-0.05, 0) is 31.7 Å². The summed E-state index contributed by atoms with van der Waals surface area (Å²) in [5, 5.41) is 9.23. The second kappa shape index (κ2) is 6.30. The third kappa shape index (κ3) is 2.84. The number of piperidine rings is 1. The lowest BCUT2D eigenvalue weighted by molar-refractivity contribution is -0.147.